The number of anilines is 1. The Balaban J connectivity index is 1.59. The molecule has 4 rings (SSSR count). The number of hydrogen-bond acceptors (Lipinski definition) is 7. The van der Waals surface area contributed by atoms with Crippen LogP contribution in [0.5, 0.6) is 0 Å². The Labute approximate surface area is 197 Å². The number of methoxy groups -OCH3 is 1. The standard InChI is InChI=1S/C26H29FN2O5/c1-14(30)23(25(32)33-4)28-13-15-5-7-16(8-6-15)19-12-21(34-26(19,2)3)22-18-11-17(27)9-10-20(18)29-24(22)31/h5-12,14,23-24,28-31H,13H2,1-4H3/b22-21+/t14-,23+,24?/m1/s1. The molecule has 0 bridgehead atoms. The van der Waals surface area contributed by atoms with E-state index in [0.717, 1.165) is 16.7 Å². The van der Waals surface area contributed by atoms with Gasteiger partial charge >= 0.3 is 5.97 Å². The number of benzene rings is 2. The average Bonchev–Trinajstić information content (AvgIpc) is 3.28. The number of fused-ring (bicyclic) bond motifs is 1. The predicted octanol–water partition coefficient (Wildman–Crippen LogP) is 3.19. The minimum atomic E-state index is -0.997. The van der Waals surface area contributed by atoms with Crippen LogP contribution in [0, 0.1) is 5.82 Å². The molecule has 34 heavy (non-hydrogen) atoms. The summed E-state index contributed by atoms with van der Waals surface area (Å²) in [6.45, 7) is 5.78. The Kier molecular flexibility index (Phi) is 6.49. The van der Waals surface area contributed by atoms with Gasteiger partial charge in [-0.25, -0.2) is 4.39 Å². The molecular formula is C26H29FN2O5. The molecule has 0 spiro atoms. The van der Waals surface area contributed by atoms with Crippen LogP contribution in [-0.2, 0) is 20.8 Å². The van der Waals surface area contributed by atoms with E-state index in [2.05, 4.69) is 10.6 Å². The van der Waals surface area contributed by atoms with E-state index in [1.165, 1.54) is 26.2 Å². The van der Waals surface area contributed by atoms with Gasteiger partial charge in [0.2, 0.25) is 0 Å². The number of halogens is 1. The van der Waals surface area contributed by atoms with Gasteiger partial charge in [0.25, 0.3) is 0 Å². The lowest BCUT2D eigenvalue weighted by atomic mass is 9.91. The number of aliphatic hydroxyl groups is 2. The Hall–Kier alpha value is -3.20. The first-order valence-corrected chi connectivity index (χ1v) is 11.1. The Morgan fingerprint density at radius 1 is 1.26 bits per heavy atom. The zero-order chi connectivity index (χ0) is 24.6. The maximum absolute atomic E-state index is 13.9. The number of allylic oxidation sites excluding steroid dienone is 1. The van der Waals surface area contributed by atoms with E-state index in [4.69, 9.17) is 9.47 Å². The summed E-state index contributed by atoms with van der Waals surface area (Å²) in [5, 5.41) is 26.3. The molecule has 2 aliphatic rings. The number of carbonyl (C=O) groups excluding carboxylic acids is 1. The fourth-order valence-corrected chi connectivity index (χ4v) is 4.34. The molecular weight excluding hydrogens is 439 g/mol. The molecule has 2 aliphatic heterocycles. The fourth-order valence-electron chi connectivity index (χ4n) is 4.34. The van der Waals surface area contributed by atoms with E-state index in [1.54, 1.807) is 6.07 Å². The van der Waals surface area contributed by atoms with Crippen LogP contribution in [0.25, 0.3) is 11.1 Å². The summed E-state index contributed by atoms with van der Waals surface area (Å²) in [7, 11) is 1.28. The largest absolute Gasteiger partial charge is 0.483 e. The zero-order valence-corrected chi connectivity index (χ0v) is 19.6. The summed E-state index contributed by atoms with van der Waals surface area (Å²) in [4.78, 5) is 11.8. The number of carbonyl (C=O) groups is 1. The first-order chi connectivity index (χ1) is 16.1. The molecule has 0 amide bonds. The highest BCUT2D eigenvalue weighted by Gasteiger charge is 2.38. The van der Waals surface area contributed by atoms with Gasteiger partial charge in [0, 0.05) is 23.4 Å². The molecule has 0 aromatic heterocycles. The third-order valence-electron chi connectivity index (χ3n) is 6.12. The summed E-state index contributed by atoms with van der Waals surface area (Å²) >= 11 is 0. The lowest BCUT2D eigenvalue weighted by Gasteiger charge is -2.24. The van der Waals surface area contributed by atoms with Crippen molar-refractivity contribution in [1.29, 1.82) is 0 Å². The van der Waals surface area contributed by atoms with E-state index >= 15 is 0 Å². The monoisotopic (exact) mass is 468 g/mol. The highest BCUT2D eigenvalue weighted by atomic mass is 19.1. The van der Waals surface area contributed by atoms with Gasteiger partial charge in [-0.2, -0.15) is 0 Å². The van der Waals surface area contributed by atoms with Crippen LogP contribution in [0.4, 0.5) is 10.1 Å². The van der Waals surface area contributed by atoms with Gasteiger partial charge in [0.15, 0.2) is 6.23 Å². The normalized spacial score (nSPS) is 22.3. The molecule has 4 N–H and O–H groups in total. The smallest absolute Gasteiger partial charge is 0.325 e. The van der Waals surface area contributed by atoms with Gasteiger partial charge in [-0.3, -0.25) is 10.1 Å². The van der Waals surface area contributed by atoms with Gasteiger partial charge in [-0.05, 0) is 56.2 Å². The summed E-state index contributed by atoms with van der Waals surface area (Å²) in [6, 6.07) is 11.3. The van der Waals surface area contributed by atoms with Crippen molar-refractivity contribution in [2.45, 2.75) is 51.3 Å². The van der Waals surface area contributed by atoms with Crippen molar-refractivity contribution in [3.63, 3.8) is 0 Å². The SMILES string of the molecule is COC(=O)[C@@H](NCc1ccc(C2=C/C(=C3/c4cc(F)ccc4NC3O)OC2(C)C)cc1)[C@@H](C)O. The van der Waals surface area contributed by atoms with Crippen LogP contribution >= 0.6 is 0 Å². The molecule has 0 aliphatic carbocycles. The molecule has 7 nitrogen and oxygen atoms in total. The number of aliphatic hydroxyl groups excluding tert-OH is 2. The third-order valence-corrected chi connectivity index (χ3v) is 6.12. The molecule has 0 saturated heterocycles. The molecule has 3 atom stereocenters. The van der Waals surface area contributed by atoms with Crippen LogP contribution in [0.2, 0.25) is 0 Å². The van der Waals surface area contributed by atoms with Crippen LogP contribution in [0.3, 0.4) is 0 Å². The molecule has 0 saturated carbocycles. The zero-order valence-electron chi connectivity index (χ0n) is 19.6. The fraction of sp³-hybridized carbons (Fsp3) is 0.346. The van der Waals surface area contributed by atoms with Gasteiger partial charge in [0.1, 0.15) is 23.2 Å². The van der Waals surface area contributed by atoms with Crippen molar-refractivity contribution in [3.8, 4) is 0 Å². The third kappa shape index (κ3) is 4.57. The van der Waals surface area contributed by atoms with Crippen LogP contribution in [-0.4, -0.2) is 47.3 Å². The number of hydrogen-bond donors (Lipinski definition) is 4. The maximum atomic E-state index is 13.9. The van der Waals surface area contributed by atoms with Crippen molar-refractivity contribution in [2.24, 2.45) is 0 Å². The Morgan fingerprint density at radius 2 is 1.97 bits per heavy atom. The molecule has 180 valence electrons. The van der Waals surface area contributed by atoms with Gasteiger partial charge in [-0.15, -0.1) is 0 Å². The lowest BCUT2D eigenvalue weighted by Crippen LogP contribution is -2.45. The van der Waals surface area contributed by atoms with E-state index in [1.807, 2.05) is 44.2 Å². The predicted molar refractivity (Wildman–Crippen MR) is 127 cm³/mol. The summed E-state index contributed by atoms with van der Waals surface area (Å²) < 4.78 is 24.8. The molecule has 0 fully saturated rings. The van der Waals surface area contributed by atoms with E-state index < -0.39 is 29.9 Å². The van der Waals surface area contributed by atoms with Gasteiger partial charge in [0.05, 0.1) is 18.8 Å². The van der Waals surface area contributed by atoms with E-state index in [9.17, 15) is 19.4 Å². The minimum Gasteiger partial charge on any atom is -0.483 e. The molecule has 8 heteroatoms. The average molecular weight is 469 g/mol. The highest BCUT2D eigenvalue weighted by Crippen LogP contribution is 2.45. The summed E-state index contributed by atoms with van der Waals surface area (Å²) in [6.07, 6.45) is -0.00376. The molecule has 2 heterocycles. The summed E-state index contributed by atoms with van der Waals surface area (Å²) in [5.74, 6) is -0.413. The van der Waals surface area contributed by atoms with Gasteiger partial charge in [-0.1, -0.05) is 24.3 Å². The topological polar surface area (TPSA) is 100 Å². The quantitative estimate of drug-likeness (QED) is 0.483. The van der Waals surface area contributed by atoms with Crippen LogP contribution in [0.1, 0.15) is 37.5 Å². The molecule has 2 aromatic carbocycles. The Bertz CT molecular complexity index is 1150. The van der Waals surface area contributed by atoms with Crippen molar-refractivity contribution in [1.82, 2.24) is 5.32 Å². The lowest BCUT2D eigenvalue weighted by molar-refractivity contribution is -0.145. The molecule has 2 aromatic rings. The van der Waals surface area contributed by atoms with Crippen molar-refractivity contribution in [3.05, 3.63) is 76.8 Å². The molecule has 1 unspecified atom stereocenters. The summed E-state index contributed by atoms with van der Waals surface area (Å²) in [5.41, 5.74) is 3.85. The number of esters is 1. The highest BCUT2D eigenvalue weighted by molar-refractivity contribution is 5.90. The first kappa shape index (κ1) is 23.9. The first-order valence-electron chi connectivity index (χ1n) is 11.1. The molecule has 0 radical (unpaired) electrons. The van der Waals surface area contributed by atoms with Crippen molar-refractivity contribution >= 4 is 22.8 Å². The van der Waals surface area contributed by atoms with Crippen molar-refractivity contribution < 1.29 is 28.9 Å². The minimum absolute atomic E-state index is 0.374. The van der Waals surface area contributed by atoms with E-state index in [0.29, 0.717) is 29.1 Å². The van der Waals surface area contributed by atoms with Crippen molar-refractivity contribution in [2.75, 3.05) is 12.4 Å². The van der Waals surface area contributed by atoms with Gasteiger partial charge < -0.3 is 25.0 Å². The second kappa shape index (κ2) is 9.21. The second-order valence-electron chi connectivity index (χ2n) is 9.00. The number of nitrogens with one attached hydrogen (secondary N) is 2. The Morgan fingerprint density at radius 3 is 2.62 bits per heavy atom. The van der Waals surface area contributed by atoms with Crippen LogP contribution < -0.4 is 10.6 Å². The number of ether oxygens (including phenoxy) is 2. The van der Waals surface area contributed by atoms with E-state index in [-0.39, 0.29) is 5.82 Å². The van der Waals surface area contributed by atoms with Crippen LogP contribution in [0.15, 0.2) is 54.3 Å². The second-order valence-corrected chi connectivity index (χ2v) is 9.00. The number of rotatable bonds is 6. The maximum Gasteiger partial charge on any atom is 0.325 e.